The van der Waals surface area contributed by atoms with Crippen LogP contribution in [0, 0.1) is 0 Å². The van der Waals surface area contributed by atoms with Crippen molar-refractivity contribution in [3.63, 3.8) is 0 Å². The van der Waals surface area contributed by atoms with Crippen LogP contribution in [-0.2, 0) is 14.1 Å². The van der Waals surface area contributed by atoms with Crippen molar-refractivity contribution in [2.45, 2.75) is 51.7 Å². The monoisotopic (exact) mass is 248 g/mol. The van der Waals surface area contributed by atoms with Crippen LogP contribution in [0.4, 0.5) is 0 Å². The van der Waals surface area contributed by atoms with E-state index in [4.69, 9.17) is 9.31 Å². The van der Waals surface area contributed by atoms with Crippen LogP contribution < -0.4 is 0 Å². The van der Waals surface area contributed by atoms with Gasteiger partial charge in [-0.25, -0.2) is 0 Å². The Hall–Kier alpha value is -0.740. The molecule has 0 atom stereocenters. The van der Waals surface area contributed by atoms with Crippen LogP contribution in [0.1, 0.15) is 40.5 Å². The molecule has 97 valence electrons. The Morgan fingerprint density at radius 2 is 1.94 bits per heavy atom. The summed E-state index contributed by atoms with van der Waals surface area (Å²) in [6.07, 6.45) is 4.75. The zero-order chi connectivity index (χ0) is 13.4. The molecule has 0 amide bonds. The van der Waals surface area contributed by atoms with E-state index in [-0.39, 0.29) is 18.3 Å². The molecule has 2 aliphatic heterocycles. The Bertz CT molecular complexity index is 352. The molecular formula is C12H20B2NO3. The molecule has 0 spiro atoms. The maximum atomic E-state index is 10.5. The fourth-order valence-corrected chi connectivity index (χ4v) is 2.18. The molecule has 4 nitrogen and oxygen atoms in total. The van der Waals surface area contributed by atoms with Crippen LogP contribution in [-0.4, -0.2) is 43.3 Å². The molecule has 18 heavy (non-hydrogen) atoms. The second kappa shape index (κ2) is 4.74. The summed E-state index contributed by atoms with van der Waals surface area (Å²) in [6.45, 7) is 9.07. The van der Waals surface area contributed by atoms with E-state index in [1.807, 2.05) is 38.7 Å². The van der Waals surface area contributed by atoms with E-state index in [0.29, 0.717) is 0 Å². The van der Waals surface area contributed by atoms with E-state index in [2.05, 4.69) is 0 Å². The van der Waals surface area contributed by atoms with Gasteiger partial charge in [0, 0.05) is 6.54 Å². The average molecular weight is 248 g/mol. The molecule has 1 saturated heterocycles. The predicted molar refractivity (Wildman–Crippen MR) is 72.6 cm³/mol. The van der Waals surface area contributed by atoms with E-state index in [0.717, 1.165) is 31.0 Å². The van der Waals surface area contributed by atoms with Gasteiger partial charge in [0.15, 0.2) is 0 Å². The van der Waals surface area contributed by atoms with Gasteiger partial charge in [-0.1, -0.05) is 0 Å². The lowest BCUT2D eigenvalue weighted by Crippen LogP contribution is -2.41. The summed E-state index contributed by atoms with van der Waals surface area (Å²) in [4.78, 5) is 12.4. The Balaban J connectivity index is 2.11. The van der Waals surface area contributed by atoms with Crippen molar-refractivity contribution in [1.29, 1.82) is 0 Å². The molecule has 0 aromatic heterocycles. The first kappa shape index (κ1) is 13.7. The Kier molecular flexibility index (Phi) is 3.60. The van der Waals surface area contributed by atoms with E-state index in [1.54, 1.807) is 7.41 Å². The number of allylic oxidation sites excluding steroid dienone is 1. The smallest absolute Gasteiger partial charge is 0.419 e. The lowest BCUT2D eigenvalue weighted by molar-refractivity contribution is 0.00578. The van der Waals surface area contributed by atoms with Crippen molar-refractivity contribution in [3.8, 4) is 0 Å². The highest BCUT2D eigenvalue weighted by atomic mass is 16.7. The number of hydrogen-bond donors (Lipinski definition) is 0. The van der Waals surface area contributed by atoms with E-state index >= 15 is 0 Å². The van der Waals surface area contributed by atoms with Crippen LogP contribution in [0.2, 0.25) is 0 Å². The van der Waals surface area contributed by atoms with Gasteiger partial charge in [0.05, 0.1) is 11.2 Å². The van der Waals surface area contributed by atoms with Crippen molar-refractivity contribution >= 4 is 20.7 Å². The topological polar surface area (TPSA) is 38.8 Å². The standard InChI is InChI=1S/C12H20B2NO3/c1-11(2)12(3,4)18-14(17-11)10-6-5-7-15(8-10)13-9-16/h8-9H,5-7H2,1-4H3. The zero-order valence-electron chi connectivity index (χ0n) is 11.6. The van der Waals surface area contributed by atoms with Gasteiger partial charge in [-0.3, -0.25) is 0 Å². The fraction of sp³-hybridized carbons (Fsp3) is 0.750. The summed E-state index contributed by atoms with van der Waals surface area (Å²) in [5, 5.41) is 0. The van der Waals surface area contributed by atoms with Gasteiger partial charge >= 0.3 is 14.5 Å². The number of rotatable bonds is 3. The predicted octanol–water partition coefficient (Wildman–Crippen LogP) is 1.41. The van der Waals surface area contributed by atoms with Crippen LogP contribution in [0.15, 0.2) is 11.7 Å². The molecule has 2 aliphatic rings. The summed E-state index contributed by atoms with van der Waals surface area (Å²) < 4.78 is 12.0. The Labute approximate surface area is 110 Å². The van der Waals surface area contributed by atoms with E-state index in [9.17, 15) is 4.79 Å². The minimum atomic E-state index is -0.310. The largest absolute Gasteiger partial charge is 0.492 e. The first-order valence-corrected chi connectivity index (χ1v) is 6.46. The Morgan fingerprint density at radius 1 is 1.33 bits per heavy atom. The number of hydrogen-bond acceptors (Lipinski definition) is 4. The lowest BCUT2D eigenvalue weighted by Gasteiger charge is -2.32. The summed E-state index contributed by atoms with van der Waals surface area (Å²) in [5.74, 6) is 0. The Morgan fingerprint density at radius 3 is 2.50 bits per heavy atom. The second-order valence-electron chi connectivity index (χ2n) is 5.92. The quantitative estimate of drug-likeness (QED) is 0.559. The average Bonchev–Trinajstić information content (AvgIpc) is 2.49. The first-order valence-electron chi connectivity index (χ1n) is 6.46. The highest BCUT2D eigenvalue weighted by molar-refractivity contribution is 6.64. The third-order valence-electron chi connectivity index (χ3n) is 4.02. The fourth-order valence-electron chi connectivity index (χ4n) is 2.18. The molecule has 0 N–H and O–H groups in total. The van der Waals surface area contributed by atoms with Crippen molar-refractivity contribution in [2.75, 3.05) is 6.54 Å². The molecule has 0 unspecified atom stereocenters. The van der Waals surface area contributed by atoms with Gasteiger partial charge in [-0.15, -0.1) is 0 Å². The molecule has 0 saturated carbocycles. The maximum absolute atomic E-state index is 10.5. The number of carbonyl (C=O) groups is 1. The van der Waals surface area contributed by atoms with Crippen LogP contribution in [0.25, 0.3) is 0 Å². The van der Waals surface area contributed by atoms with Crippen LogP contribution >= 0.6 is 0 Å². The molecule has 1 radical (unpaired) electrons. The minimum Gasteiger partial charge on any atom is -0.419 e. The summed E-state index contributed by atoms with van der Waals surface area (Å²) in [6, 6.07) is 0. The lowest BCUT2D eigenvalue weighted by atomic mass is 9.74. The molecule has 0 aliphatic carbocycles. The molecule has 2 heterocycles. The third kappa shape index (κ3) is 2.50. The number of nitrogens with zero attached hydrogens (tertiary/aromatic N) is 1. The third-order valence-corrected chi connectivity index (χ3v) is 4.02. The highest BCUT2D eigenvalue weighted by Crippen LogP contribution is 2.39. The van der Waals surface area contributed by atoms with Crippen molar-refractivity contribution in [1.82, 2.24) is 4.81 Å². The summed E-state index contributed by atoms with van der Waals surface area (Å²) >= 11 is 0. The summed E-state index contributed by atoms with van der Waals surface area (Å²) in [5.41, 5.74) is 0.489. The van der Waals surface area contributed by atoms with Crippen molar-refractivity contribution < 1.29 is 14.1 Å². The zero-order valence-corrected chi connectivity index (χ0v) is 11.6. The van der Waals surface area contributed by atoms with Gasteiger partial charge < -0.3 is 18.9 Å². The molecule has 0 bridgehead atoms. The molecule has 6 heteroatoms. The second-order valence-corrected chi connectivity index (χ2v) is 5.92. The van der Waals surface area contributed by atoms with Gasteiger partial charge in [0.25, 0.3) is 0 Å². The van der Waals surface area contributed by atoms with Crippen molar-refractivity contribution in [2.24, 2.45) is 0 Å². The molecule has 2 rings (SSSR count). The van der Waals surface area contributed by atoms with Gasteiger partial charge in [-0.2, -0.15) is 0 Å². The van der Waals surface area contributed by atoms with Gasteiger partial charge in [0.2, 0.25) is 0 Å². The van der Waals surface area contributed by atoms with Gasteiger partial charge in [0.1, 0.15) is 6.19 Å². The SMILES string of the molecule is CC1(C)OB(C2=CN([B]C=O)CCC2)OC1(C)C. The highest BCUT2D eigenvalue weighted by Gasteiger charge is 2.52. The molecule has 0 aromatic carbocycles. The normalized spacial score (nSPS) is 25.9. The number of carbonyl (C=O) groups excluding carboxylic acids is 1. The van der Waals surface area contributed by atoms with Crippen LogP contribution in [0.3, 0.4) is 0 Å². The molecule has 0 aromatic rings. The van der Waals surface area contributed by atoms with Crippen molar-refractivity contribution in [3.05, 3.63) is 11.7 Å². The van der Waals surface area contributed by atoms with Gasteiger partial charge in [-0.05, 0) is 52.2 Å². The first-order chi connectivity index (χ1) is 8.36. The van der Waals surface area contributed by atoms with E-state index in [1.165, 1.54) is 0 Å². The minimum absolute atomic E-state index is 0.294. The van der Waals surface area contributed by atoms with Crippen LogP contribution in [0.5, 0.6) is 0 Å². The maximum Gasteiger partial charge on any atom is 0.492 e. The van der Waals surface area contributed by atoms with E-state index < -0.39 is 0 Å². The molecule has 1 fully saturated rings. The summed E-state index contributed by atoms with van der Waals surface area (Å²) in [7, 11) is 1.25. The molecular weight excluding hydrogens is 228 g/mol.